The van der Waals surface area contributed by atoms with Crippen LogP contribution in [-0.2, 0) is 26.4 Å². The van der Waals surface area contributed by atoms with Crippen LogP contribution in [0.1, 0.15) is 60.9 Å². The number of aliphatic hydroxyl groups is 1. The van der Waals surface area contributed by atoms with Crippen LogP contribution in [0.2, 0.25) is 0 Å². The Bertz CT molecular complexity index is 1820. The molecule has 0 saturated carbocycles. The van der Waals surface area contributed by atoms with Crippen LogP contribution in [0.4, 0.5) is 4.79 Å². The van der Waals surface area contributed by atoms with Crippen molar-refractivity contribution in [1.82, 2.24) is 4.90 Å². The average Bonchev–Trinajstić information content (AvgIpc) is 3.20. The quantitative estimate of drug-likeness (QED) is 0.0847. The number of nitrogens with zero attached hydrogens (tertiary/aromatic N) is 1. The number of aliphatic hydroxyl groups excluding tert-OH is 1. The molecule has 1 aliphatic heterocycles. The van der Waals surface area contributed by atoms with E-state index in [1.807, 2.05) is 124 Å². The standard InChI is InChI=1S/C47H53NO7/c1-46(2,3)55-45(50)48-31-37(34-54-47(38-18-8-5-9-19-38,39-20-10-6-11-21-39)40-22-12-7-13-23-40)44(42(49)32-48)35-25-27-41(28-26-35)53-30-16-29-52-33-36-17-14-15-24-43(36)51-4/h5-15,17-28,37,42,44,49H,16,29-34H2,1-4H3/t37-,42+,44+/m1/s1. The number of benzene rings is 5. The van der Waals surface area contributed by atoms with Gasteiger partial charge in [-0.1, -0.05) is 121 Å². The lowest BCUT2D eigenvalue weighted by Crippen LogP contribution is -2.53. The summed E-state index contributed by atoms with van der Waals surface area (Å²) in [5, 5.41) is 11.8. The Morgan fingerprint density at radius 3 is 1.85 bits per heavy atom. The van der Waals surface area contributed by atoms with Gasteiger partial charge in [-0.3, -0.25) is 0 Å². The summed E-state index contributed by atoms with van der Waals surface area (Å²) in [7, 11) is 1.66. The number of hydrogen-bond donors (Lipinski definition) is 1. The zero-order valence-electron chi connectivity index (χ0n) is 32.3. The maximum atomic E-state index is 13.4. The van der Waals surface area contributed by atoms with Crippen LogP contribution in [0, 0.1) is 5.92 Å². The Kier molecular flexibility index (Phi) is 13.3. The molecule has 55 heavy (non-hydrogen) atoms. The summed E-state index contributed by atoms with van der Waals surface area (Å²) in [6, 6.07) is 46.4. The molecule has 8 heteroatoms. The third-order valence-corrected chi connectivity index (χ3v) is 9.91. The van der Waals surface area contributed by atoms with Crippen LogP contribution < -0.4 is 9.47 Å². The molecule has 8 nitrogen and oxygen atoms in total. The SMILES string of the molecule is COc1ccccc1COCCCOc1ccc([C@H]2[C@@H](COC(c3ccccc3)(c3ccccc3)c3ccccc3)CN(C(=O)OC(C)(C)C)C[C@@H]2O)cc1. The molecule has 0 aromatic heterocycles. The monoisotopic (exact) mass is 743 g/mol. The minimum atomic E-state index is -0.956. The second-order valence-corrected chi connectivity index (χ2v) is 15.0. The van der Waals surface area contributed by atoms with Crippen LogP contribution in [0.5, 0.6) is 11.5 Å². The van der Waals surface area contributed by atoms with E-state index >= 15 is 0 Å². The van der Waals surface area contributed by atoms with Gasteiger partial charge < -0.3 is 33.7 Å². The van der Waals surface area contributed by atoms with E-state index in [1.165, 1.54) is 0 Å². The molecular formula is C47H53NO7. The zero-order valence-corrected chi connectivity index (χ0v) is 32.3. The van der Waals surface area contributed by atoms with E-state index in [-0.39, 0.29) is 25.0 Å². The van der Waals surface area contributed by atoms with Crippen molar-refractivity contribution in [3.8, 4) is 11.5 Å². The van der Waals surface area contributed by atoms with Gasteiger partial charge in [0.1, 0.15) is 22.7 Å². The largest absolute Gasteiger partial charge is 0.496 e. The highest BCUT2D eigenvalue weighted by Crippen LogP contribution is 2.43. The normalized spacial score (nSPS) is 17.4. The molecule has 288 valence electrons. The first-order chi connectivity index (χ1) is 26.7. The van der Waals surface area contributed by atoms with Gasteiger partial charge in [-0.2, -0.15) is 0 Å². The van der Waals surface area contributed by atoms with Crippen LogP contribution in [0.3, 0.4) is 0 Å². The van der Waals surface area contributed by atoms with Crippen molar-refractivity contribution in [1.29, 1.82) is 0 Å². The molecule has 5 aromatic carbocycles. The van der Waals surface area contributed by atoms with E-state index < -0.39 is 23.4 Å². The van der Waals surface area contributed by atoms with Gasteiger partial charge in [0.25, 0.3) is 0 Å². The predicted octanol–water partition coefficient (Wildman–Crippen LogP) is 9.00. The number of likely N-dealkylation sites (tertiary alicyclic amines) is 1. The first-order valence-corrected chi connectivity index (χ1v) is 19.1. The van der Waals surface area contributed by atoms with Crippen molar-refractivity contribution in [2.75, 3.05) is 40.0 Å². The van der Waals surface area contributed by atoms with E-state index in [4.69, 9.17) is 23.7 Å². The Hall–Kier alpha value is -5.15. The lowest BCUT2D eigenvalue weighted by Gasteiger charge is -2.44. The molecule has 0 bridgehead atoms. The first-order valence-electron chi connectivity index (χ1n) is 19.1. The molecule has 1 heterocycles. The fourth-order valence-corrected chi connectivity index (χ4v) is 7.39. The second-order valence-electron chi connectivity index (χ2n) is 15.0. The van der Waals surface area contributed by atoms with Gasteiger partial charge in [-0.25, -0.2) is 4.79 Å². The Labute approximate surface area is 325 Å². The lowest BCUT2D eigenvalue weighted by atomic mass is 9.77. The van der Waals surface area contributed by atoms with Gasteiger partial charge >= 0.3 is 6.09 Å². The van der Waals surface area contributed by atoms with Crippen LogP contribution in [0.25, 0.3) is 0 Å². The molecule has 0 aliphatic carbocycles. The van der Waals surface area contributed by atoms with Gasteiger partial charge in [-0.05, 0) is 61.2 Å². The Balaban J connectivity index is 1.22. The van der Waals surface area contributed by atoms with Crippen LogP contribution >= 0.6 is 0 Å². The third kappa shape index (κ3) is 9.94. The highest BCUT2D eigenvalue weighted by molar-refractivity contribution is 5.68. The van der Waals surface area contributed by atoms with Gasteiger partial charge in [-0.15, -0.1) is 0 Å². The summed E-state index contributed by atoms with van der Waals surface area (Å²) in [4.78, 5) is 15.1. The molecule has 1 amide bonds. The number of carbonyl (C=O) groups is 1. The number of β-amino-alcohol motifs (C(OH)–C–C–N with tert-alkyl or cyclic N) is 1. The molecule has 3 atom stereocenters. The smallest absolute Gasteiger partial charge is 0.410 e. The fourth-order valence-electron chi connectivity index (χ4n) is 7.39. The first kappa shape index (κ1) is 39.5. The number of methoxy groups -OCH3 is 1. The number of rotatable bonds is 15. The summed E-state index contributed by atoms with van der Waals surface area (Å²) in [5.41, 5.74) is 3.27. The summed E-state index contributed by atoms with van der Waals surface area (Å²) in [6.45, 7) is 7.80. The summed E-state index contributed by atoms with van der Waals surface area (Å²) < 4.78 is 30.4. The van der Waals surface area contributed by atoms with Crippen LogP contribution in [-0.4, -0.2) is 67.8 Å². The van der Waals surface area contributed by atoms with Crippen molar-refractivity contribution < 1.29 is 33.6 Å². The maximum Gasteiger partial charge on any atom is 0.410 e. The number of para-hydroxylation sites is 1. The average molecular weight is 744 g/mol. The van der Waals surface area contributed by atoms with Crippen LogP contribution in [0.15, 0.2) is 140 Å². The highest BCUT2D eigenvalue weighted by Gasteiger charge is 2.43. The van der Waals surface area contributed by atoms with Crippen molar-refractivity contribution in [3.05, 3.63) is 167 Å². The summed E-state index contributed by atoms with van der Waals surface area (Å²) in [5.74, 6) is 0.949. The molecule has 1 fully saturated rings. The minimum Gasteiger partial charge on any atom is -0.496 e. The van der Waals surface area contributed by atoms with Gasteiger partial charge in [0.2, 0.25) is 0 Å². The number of piperidine rings is 1. The van der Waals surface area contributed by atoms with E-state index in [2.05, 4.69) is 36.4 Å². The van der Waals surface area contributed by atoms with Gasteiger partial charge in [0.05, 0.1) is 46.2 Å². The number of hydrogen-bond acceptors (Lipinski definition) is 7. The number of ether oxygens (including phenoxy) is 5. The fraction of sp³-hybridized carbons (Fsp3) is 0.340. The molecule has 5 aromatic rings. The number of amides is 1. The minimum absolute atomic E-state index is 0.143. The topological polar surface area (TPSA) is 86.7 Å². The van der Waals surface area contributed by atoms with Gasteiger partial charge in [0.15, 0.2) is 0 Å². The van der Waals surface area contributed by atoms with Gasteiger partial charge in [0, 0.05) is 30.4 Å². The zero-order chi connectivity index (χ0) is 38.7. The van der Waals surface area contributed by atoms with Crippen molar-refractivity contribution >= 4 is 6.09 Å². The molecule has 0 spiro atoms. The molecule has 0 radical (unpaired) electrons. The molecular weight excluding hydrogens is 691 g/mol. The lowest BCUT2D eigenvalue weighted by molar-refractivity contribution is -0.0596. The molecule has 6 rings (SSSR count). The summed E-state index contributed by atoms with van der Waals surface area (Å²) >= 11 is 0. The predicted molar refractivity (Wildman–Crippen MR) is 214 cm³/mol. The third-order valence-electron chi connectivity index (χ3n) is 9.91. The molecule has 0 unspecified atom stereocenters. The second kappa shape index (κ2) is 18.5. The maximum absolute atomic E-state index is 13.4. The van der Waals surface area contributed by atoms with Crippen molar-refractivity contribution in [2.45, 2.75) is 57.0 Å². The molecule has 1 N–H and O–H groups in total. The Morgan fingerprint density at radius 2 is 1.29 bits per heavy atom. The molecule has 1 saturated heterocycles. The van der Waals surface area contributed by atoms with Crippen molar-refractivity contribution in [3.63, 3.8) is 0 Å². The summed E-state index contributed by atoms with van der Waals surface area (Å²) in [6.07, 6.45) is -0.586. The molecule has 1 aliphatic rings. The van der Waals surface area contributed by atoms with E-state index in [1.54, 1.807) is 12.0 Å². The highest BCUT2D eigenvalue weighted by atomic mass is 16.6. The van der Waals surface area contributed by atoms with E-state index in [0.29, 0.717) is 26.4 Å². The van der Waals surface area contributed by atoms with E-state index in [9.17, 15) is 9.90 Å². The Morgan fingerprint density at radius 1 is 0.727 bits per heavy atom. The van der Waals surface area contributed by atoms with E-state index in [0.717, 1.165) is 45.7 Å². The van der Waals surface area contributed by atoms with Crippen molar-refractivity contribution in [2.24, 2.45) is 5.92 Å². The number of carbonyl (C=O) groups excluding carboxylic acids is 1.